The molecule has 2 N–H and O–H groups in total. The molecule has 0 bridgehead atoms. The van der Waals surface area contributed by atoms with Gasteiger partial charge in [0.1, 0.15) is 5.82 Å². The Morgan fingerprint density at radius 3 is 2.67 bits per heavy atom. The highest BCUT2D eigenvalue weighted by Gasteiger charge is 2.07. The Bertz CT molecular complexity index is 913. The van der Waals surface area contributed by atoms with Gasteiger partial charge in [0.2, 0.25) is 0 Å². The number of benzene rings is 2. The average Bonchev–Trinajstić information content (AvgIpc) is 2.46. The Morgan fingerprint density at radius 1 is 1.14 bits per heavy atom. The molecule has 1 aromatic heterocycles. The summed E-state index contributed by atoms with van der Waals surface area (Å²) in [7, 11) is 0. The first kappa shape index (κ1) is 13.1. The van der Waals surface area contributed by atoms with Crippen LogP contribution in [0.25, 0.3) is 22.0 Å². The van der Waals surface area contributed by atoms with E-state index in [-0.39, 0.29) is 11.1 Å². The first-order valence-electron chi connectivity index (χ1n) is 6.39. The molecule has 1 heterocycles. The predicted octanol–water partition coefficient (Wildman–Crippen LogP) is 2.60. The van der Waals surface area contributed by atoms with E-state index in [9.17, 15) is 9.59 Å². The first-order chi connectivity index (χ1) is 10.0. The van der Waals surface area contributed by atoms with Crippen LogP contribution in [0.15, 0.2) is 47.3 Å². The lowest BCUT2D eigenvalue weighted by Gasteiger charge is -2.05. The average molecular weight is 280 g/mol. The summed E-state index contributed by atoms with van der Waals surface area (Å²) in [6.45, 7) is 1.72. The summed E-state index contributed by atoms with van der Waals surface area (Å²) in [6.07, 6.45) is 0. The quantitative estimate of drug-likeness (QED) is 0.755. The second-order valence-corrected chi connectivity index (χ2v) is 4.77. The zero-order valence-corrected chi connectivity index (χ0v) is 11.3. The monoisotopic (exact) mass is 280 g/mol. The molecule has 104 valence electrons. The van der Waals surface area contributed by atoms with E-state index in [0.29, 0.717) is 16.7 Å². The van der Waals surface area contributed by atoms with Gasteiger partial charge in [-0.2, -0.15) is 0 Å². The maximum atomic E-state index is 11.8. The van der Waals surface area contributed by atoms with Crippen molar-refractivity contribution in [3.63, 3.8) is 0 Å². The number of rotatable bonds is 2. The van der Waals surface area contributed by atoms with E-state index in [1.54, 1.807) is 43.3 Å². The summed E-state index contributed by atoms with van der Waals surface area (Å²) in [5.41, 5.74) is 2.24. The molecule has 0 aliphatic rings. The number of fused-ring (bicyclic) bond motifs is 1. The van der Waals surface area contributed by atoms with Crippen LogP contribution in [0, 0.1) is 6.92 Å². The number of hydrogen-bond acceptors (Lipinski definition) is 3. The second kappa shape index (κ2) is 4.86. The summed E-state index contributed by atoms with van der Waals surface area (Å²) in [5, 5.41) is 9.56. The fourth-order valence-electron chi connectivity index (χ4n) is 2.27. The number of aromatic carboxylic acids is 1. The van der Waals surface area contributed by atoms with Crippen molar-refractivity contribution in [3.8, 4) is 11.1 Å². The Hall–Kier alpha value is -2.95. The first-order valence-corrected chi connectivity index (χ1v) is 6.39. The van der Waals surface area contributed by atoms with Crippen LogP contribution < -0.4 is 5.56 Å². The molecular formula is C16H12N2O3. The highest BCUT2D eigenvalue weighted by atomic mass is 16.4. The zero-order valence-electron chi connectivity index (χ0n) is 11.3. The van der Waals surface area contributed by atoms with E-state index < -0.39 is 5.97 Å². The van der Waals surface area contributed by atoms with Gasteiger partial charge in [-0.05, 0) is 42.3 Å². The molecule has 0 amide bonds. The van der Waals surface area contributed by atoms with Crippen molar-refractivity contribution in [1.82, 2.24) is 9.97 Å². The third-order valence-electron chi connectivity index (χ3n) is 3.27. The van der Waals surface area contributed by atoms with E-state index in [1.165, 1.54) is 0 Å². The third kappa shape index (κ3) is 2.41. The molecule has 0 aliphatic carbocycles. The topological polar surface area (TPSA) is 83.0 Å². The fourth-order valence-corrected chi connectivity index (χ4v) is 2.27. The normalized spacial score (nSPS) is 10.7. The molecule has 0 radical (unpaired) electrons. The molecule has 3 aromatic rings. The van der Waals surface area contributed by atoms with Crippen molar-refractivity contribution in [2.24, 2.45) is 0 Å². The molecule has 5 nitrogen and oxygen atoms in total. The number of carboxylic acid groups (broad SMARTS) is 1. The number of hydrogen-bond donors (Lipinski definition) is 2. The van der Waals surface area contributed by atoms with Gasteiger partial charge in [-0.25, -0.2) is 9.78 Å². The molecule has 0 aliphatic heterocycles. The fraction of sp³-hybridized carbons (Fsp3) is 0.0625. The van der Waals surface area contributed by atoms with Gasteiger partial charge < -0.3 is 10.1 Å². The Balaban J connectivity index is 2.19. The summed E-state index contributed by atoms with van der Waals surface area (Å²) in [6, 6.07) is 11.9. The lowest BCUT2D eigenvalue weighted by Crippen LogP contribution is -2.09. The molecule has 21 heavy (non-hydrogen) atoms. The number of aromatic amines is 1. The van der Waals surface area contributed by atoms with Gasteiger partial charge in [0, 0.05) is 0 Å². The highest BCUT2D eigenvalue weighted by molar-refractivity contribution is 5.90. The van der Waals surface area contributed by atoms with Gasteiger partial charge in [0.15, 0.2) is 0 Å². The third-order valence-corrected chi connectivity index (χ3v) is 3.27. The van der Waals surface area contributed by atoms with E-state index >= 15 is 0 Å². The number of nitrogens with one attached hydrogen (secondary N) is 1. The molecule has 3 rings (SSSR count). The van der Waals surface area contributed by atoms with Crippen LogP contribution >= 0.6 is 0 Å². The van der Waals surface area contributed by atoms with Crippen LogP contribution in [-0.2, 0) is 0 Å². The van der Waals surface area contributed by atoms with Crippen LogP contribution in [0.2, 0.25) is 0 Å². The summed E-state index contributed by atoms with van der Waals surface area (Å²) in [4.78, 5) is 29.8. The van der Waals surface area contributed by atoms with E-state index in [0.717, 1.165) is 11.1 Å². The number of H-pyrrole nitrogens is 1. The molecular weight excluding hydrogens is 268 g/mol. The van der Waals surface area contributed by atoms with Crippen molar-refractivity contribution in [2.75, 3.05) is 0 Å². The number of aryl methyl sites for hydroxylation is 1. The van der Waals surface area contributed by atoms with Crippen molar-refractivity contribution < 1.29 is 9.90 Å². The van der Waals surface area contributed by atoms with Crippen molar-refractivity contribution in [3.05, 3.63) is 64.2 Å². The summed E-state index contributed by atoms with van der Waals surface area (Å²) in [5.74, 6) is -0.424. The highest BCUT2D eigenvalue weighted by Crippen LogP contribution is 2.23. The predicted molar refractivity (Wildman–Crippen MR) is 79.5 cm³/mol. The Labute approximate surface area is 119 Å². The Kier molecular flexibility index (Phi) is 3.02. The molecule has 0 spiro atoms. The van der Waals surface area contributed by atoms with E-state index in [1.807, 2.05) is 6.07 Å². The molecule has 0 unspecified atom stereocenters. The van der Waals surface area contributed by atoms with Gasteiger partial charge in [-0.3, -0.25) is 4.79 Å². The van der Waals surface area contributed by atoms with Gasteiger partial charge in [-0.1, -0.05) is 18.2 Å². The SMILES string of the molecule is Cc1nc2cc(-c3cccc(C(=O)O)c3)ccc2c(=O)[nH]1. The van der Waals surface area contributed by atoms with Crippen LogP contribution in [0.4, 0.5) is 0 Å². The number of nitrogens with zero attached hydrogens (tertiary/aromatic N) is 1. The minimum Gasteiger partial charge on any atom is -0.478 e. The molecule has 2 aromatic carbocycles. The van der Waals surface area contributed by atoms with Crippen LogP contribution in [-0.4, -0.2) is 21.0 Å². The lowest BCUT2D eigenvalue weighted by molar-refractivity contribution is 0.0697. The zero-order chi connectivity index (χ0) is 15.0. The number of carbonyl (C=O) groups is 1. The van der Waals surface area contributed by atoms with Crippen LogP contribution in [0.3, 0.4) is 0 Å². The van der Waals surface area contributed by atoms with Gasteiger partial charge in [-0.15, -0.1) is 0 Å². The van der Waals surface area contributed by atoms with Crippen molar-refractivity contribution >= 4 is 16.9 Å². The number of carboxylic acids is 1. The maximum absolute atomic E-state index is 11.8. The Morgan fingerprint density at radius 2 is 1.90 bits per heavy atom. The largest absolute Gasteiger partial charge is 0.478 e. The minimum absolute atomic E-state index is 0.177. The summed E-state index contributed by atoms with van der Waals surface area (Å²) < 4.78 is 0. The van der Waals surface area contributed by atoms with E-state index in [2.05, 4.69) is 9.97 Å². The van der Waals surface area contributed by atoms with Gasteiger partial charge >= 0.3 is 5.97 Å². The molecule has 0 saturated heterocycles. The standard InChI is InChI=1S/C16H12N2O3/c1-9-17-14-8-11(5-6-13(14)15(19)18-9)10-3-2-4-12(7-10)16(20)21/h2-8H,1H3,(H,20,21)(H,17,18,19). The molecule has 0 saturated carbocycles. The van der Waals surface area contributed by atoms with E-state index in [4.69, 9.17) is 5.11 Å². The van der Waals surface area contributed by atoms with Crippen LogP contribution in [0.5, 0.6) is 0 Å². The molecule has 5 heteroatoms. The van der Waals surface area contributed by atoms with Crippen LogP contribution in [0.1, 0.15) is 16.2 Å². The minimum atomic E-state index is -0.969. The molecule has 0 fully saturated rings. The lowest BCUT2D eigenvalue weighted by atomic mass is 10.0. The second-order valence-electron chi connectivity index (χ2n) is 4.77. The number of aromatic nitrogens is 2. The van der Waals surface area contributed by atoms with Crippen molar-refractivity contribution in [1.29, 1.82) is 0 Å². The summed E-state index contributed by atoms with van der Waals surface area (Å²) >= 11 is 0. The maximum Gasteiger partial charge on any atom is 0.335 e. The van der Waals surface area contributed by atoms with Gasteiger partial charge in [0.05, 0.1) is 16.5 Å². The van der Waals surface area contributed by atoms with Gasteiger partial charge in [0.25, 0.3) is 5.56 Å². The molecule has 0 atom stereocenters. The van der Waals surface area contributed by atoms with Crippen molar-refractivity contribution in [2.45, 2.75) is 6.92 Å². The smallest absolute Gasteiger partial charge is 0.335 e.